The van der Waals surface area contributed by atoms with Crippen molar-refractivity contribution in [1.29, 1.82) is 0 Å². The number of amides is 1. The molecule has 1 aromatic heterocycles. The average Bonchev–Trinajstić information content (AvgIpc) is 3.25. The molecule has 1 amide bonds. The summed E-state index contributed by atoms with van der Waals surface area (Å²) >= 11 is 1.32. The highest BCUT2D eigenvalue weighted by Crippen LogP contribution is 2.20. The van der Waals surface area contributed by atoms with Crippen molar-refractivity contribution in [2.24, 2.45) is 0 Å². The van der Waals surface area contributed by atoms with Gasteiger partial charge in [-0.05, 0) is 53.1 Å². The first-order valence-corrected chi connectivity index (χ1v) is 11.7. The minimum absolute atomic E-state index is 0.0120. The number of hydrogen-bond donors (Lipinski definition) is 1. The highest BCUT2D eigenvalue weighted by atomic mass is 32.2. The number of benzene rings is 2. The molecule has 0 unspecified atom stereocenters. The quantitative estimate of drug-likeness (QED) is 0.525. The fourth-order valence-electron chi connectivity index (χ4n) is 3.80. The molecule has 9 heteroatoms. The van der Waals surface area contributed by atoms with Crippen LogP contribution in [-0.2, 0) is 16.1 Å². The molecule has 1 aliphatic heterocycles. The Morgan fingerprint density at radius 1 is 1.19 bits per heavy atom. The Balaban J connectivity index is 1.25. The van der Waals surface area contributed by atoms with Gasteiger partial charge in [0, 0.05) is 26.2 Å². The average molecular weight is 453 g/mol. The molecule has 32 heavy (non-hydrogen) atoms. The lowest BCUT2D eigenvalue weighted by Gasteiger charge is -2.33. The van der Waals surface area contributed by atoms with Gasteiger partial charge in [-0.15, -0.1) is 5.10 Å². The molecule has 2 aromatic carbocycles. The van der Waals surface area contributed by atoms with E-state index in [4.69, 9.17) is 4.74 Å². The van der Waals surface area contributed by atoms with Crippen molar-refractivity contribution < 1.29 is 9.53 Å². The number of morpholine rings is 1. The highest BCUT2D eigenvalue weighted by Gasteiger charge is 2.21. The molecule has 3 aromatic rings. The van der Waals surface area contributed by atoms with Gasteiger partial charge in [-0.3, -0.25) is 9.69 Å². The van der Waals surface area contributed by atoms with E-state index in [2.05, 4.69) is 56.1 Å². The SMILES string of the molecule is Cc1cc(C)cc(-n2nnnc2SCC(=O)NC[C@@H]2CN(Cc3ccccc3)CCO2)c1. The van der Waals surface area contributed by atoms with Gasteiger partial charge in [0.2, 0.25) is 11.1 Å². The summed E-state index contributed by atoms with van der Waals surface area (Å²) in [4.78, 5) is 14.8. The van der Waals surface area contributed by atoms with Gasteiger partial charge in [-0.1, -0.05) is 48.2 Å². The molecule has 0 aliphatic carbocycles. The summed E-state index contributed by atoms with van der Waals surface area (Å²) in [6.07, 6.45) is -0.0120. The summed E-state index contributed by atoms with van der Waals surface area (Å²) in [6.45, 7) is 7.83. The van der Waals surface area contributed by atoms with Gasteiger partial charge in [0.05, 0.1) is 24.2 Å². The molecule has 1 saturated heterocycles. The van der Waals surface area contributed by atoms with Gasteiger partial charge >= 0.3 is 0 Å². The predicted molar refractivity (Wildman–Crippen MR) is 124 cm³/mol. The van der Waals surface area contributed by atoms with Crippen LogP contribution in [0.4, 0.5) is 0 Å². The molecule has 0 radical (unpaired) electrons. The van der Waals surface area contributed by atoms with Crippen LogP contribution < -0.4 is 5.32 Å². The van der Waals surface area contributed by atoms with E-state index >= 15 is 0 Å². The minimum atomic E-state index is -0.0613. The van der Waals surface area contributed by atoms with Crippen LogP contribution in [0.3, 0.4) is 0 Å². The van der Waals surface area contributed by atoms with Crippen LogP contribution in [0.5, 0.6) is 0 Å². The maximum absolute atomic E-state index is 12.4. The van der Waals surface area contributed by atoms with Crippen LogP contribution in [0.25, 0.3) is 5.69 Å². The van der Waals surface area contributed by atoms with E-state index in [1.165, 1.54) is 17.3 Å². The number of hydrogen-bond acceptors (Lipinski definition) is 7. The van der Waals surface area contributed by atoms with Crippen molar-refractivity contribution >= 4 is 17.7 Å². The predicted octanol–water partition coefficient (Wildman–Crippen LogP) is 2.39. The second kappa shape index (κ2) is 10.7. The lowest BCUT2D eigenvalue weighted by atomic mass is 10.1. The Morgan fingerprint density at radius 3 is 2.75 bits per heavy atom. The maximum atomic E-state index is 12.4. The van der Waals surface area contributed by atoms with Crippen LogP contribution in [0.15, 0.2) is 53.7 Å². The second-order valence-corrected chi connectivity index (χ2v) is 8.97. The zero-order chi connectivity index (χ0) is 22.3. The molecule has 0 spiro atoms. The van der Waals surface area contributed by atoms with Crippen LogP contribution >= 0.6 is 11.8 Å². The first-order valence-electron chi connectivity index (χ1n) is 10.7. The fourth-order valence-corrected chi connectivity index (χ4v) is 4.52. The highest BCUT2D eigenvalue weighted by molar-refractivity contribution is 7.99. The van der Waals surface area contributed by atoms with Gasteiger partial charge in [-0.25, -0.2) is 0 Å². The molecule has 1 fully saturated rings. The number of nitrogens with zero attached hydrogens (tertiary/aromatic N) is 5. The summed E-state index contributed by atoms with van der Waals surface area (Å²) in [5.74, 6) is 0.180. The molecule has 168 valence electrons. The first-order chi connectivity index (χ1) is 15.6. The lowest BCUT2D eigenvalue weighted by molar-refractivity contribution is -0.119. The number of carbonyl (C=O) groups is 1. The Morgan fingerprint density at radius 2 is 1.97 bits per heavy atom. The van der Waals surface area contributed by atoms with Gasteiger partial charge < -0.3 is 10.1 Å². The van der Waals surface area contributed by atoms with Gasteiger partial charge in [0.15, 0.2) is 0 Å². The molecule has 2 heterocycles. The van der Waals surface area contributed by atoms with E-state index in [9.17, 15) is 4.79 Å². The van der Waals surface area contributed by atoms with Gasteiger partial charge in [0.25, 0.3) is 0 Å². The molecule has 8 nitrogen and oxygen atoms in total. The van der Waals surface area contributed by atoms with E-state index < -0.39 is 0 Å². The first kappa shape index (κ1) is 22.4. The number of tetrazole rings is 1. The van der Waals surface area contributed by atoms with Crippen molar-refractivity contribution in [3.8, 4) is 5.69 Å². The number of thioether (sulfide) groups is 1. The maximum Gasteiger partial charge on any atom is 0.230 e. The molecular weight excluding hydrogens is 424 g/mol. The van der Waals surface area contributed by atoms with Crippen LogP contribution in [0.2, 0.25) is 0 Å². The summed E-state index contributed by atoms with van der Waals surface area (Å²) in [5, 5.41) is 15.5. The smallest absolute Gasteiger partial charge is 0.230 e. The second-order valence-electron chi connectivity index (χ2n) is 8.03. The molecule has 0 bridgehead atoms. The molecular formula is C23H28N6O2S. The van der Waals surface area contributed by atoms with Crippen molar-refractivity contribution in [2.45, 2.75) is 31.7 Å². The normalized spacial score (nSPS) is 16.8. The Labute approximate surface area is 192 Å². The zero-order valence-electron chi connectivity index (χ0n) is 18.4. The number of nitrogens with one attached hydrogen (secondary N) is 1. The number of rotatable bonds is 8. The zero-order valence-corrected chi connectivity index (χ0v) is 19.2. The summed E-state index contributed by atoms with van der Waals surface area (Å²) < 4.78 is 7.52. The Kier molecular flexibility index (Phi) is 7.51. The number of aromatic nitrogens is 4. The third kappa shape index (κ3) is 6.15. The summed E-state index contributed by atoms with van der Waals surface area (Å²) in [5.41, 5.74) is 4.45. The van der Waals surface area contributed by atoms with Gasteiger partial charge in [0.1, 0.15) is 0 Å². The minimum Gasteiger partial charge on any atom is -0.374 e. The lowest BCUT2D eigenvalue weighted by Crippen LogP contribution is -2.47. The van der Waals surface area contributed by atoms with E-state index in [0.29, 0.717) is 18.3 Å². The van der Waals surface area contributed by atoms with Crippen LogP contribution in [0.1, 0.15) is 16.7 Å². The van der Waals surface area contributed by atoms with E-state index in [1.54, 1.807) is 4.68 Å². The summed E-state index contributed by atoms with van der Waals surface area (Å²) in [6, 6.07) is 16.6. The number of carbonyl (C=O) groups excluding carboxylic acids is 1. The molecule has 1 aliphatic rings. The standard InChI is InChI=1S/C23H28N6O2S/c1-17-10-18(2)12-20(11-17)29-23(25-26-27-29)32-16-22(30)24-13-21-15-28(8-9-31-21)14-19-6-4-3-5-7-19/h3-7,10-12,21H,8-9,13-16H2,1-2H3,(H,24,30)/t21-/m1/s1. The van der Waals surface area contributed by atoms with Gasteiger partial charge in [-0.2, -0.15) is 4.68 Å². The van der Waals surface area contributed by atoms with E-state index in [-0.39, 0.29) is 17.8 Å². The van der Waals surface area contributed by atoms with Crippen molar-refractivity contribution in [3.63, 3.8) is 0 Å². The molecule has 1 atom stereocenters. The Bertz CT molecular complexity index is 1020. The topological polar surface area (TPSA) is 85.2 Å². The monoisotopic (exact) mass is 452 g/mol. The molecule has 0 saturated carbocycles. The largest absolute Gasteiger partial charge is 0.374 e. The van der Waals surface area contributed by atoms with Crippen LogP contribution in [0, 0.1) is 13.8 Å². The van der Waals surface area contributed by atoms with E-state index in [1.807, 2.05) is 32.0 Å². The fraction of sp³-hybridized carbons (Fsp3) is 0.391. The molecule has 4 rings (SSSR count). The van der Waals surface area contributed by atoms with Crippen LogP contribution in [-0.4, -0.2) is 69.1 Å². The number of aryl methyl sites for hydroxylation is 2. The Hall–Kier alpha value is -2.75. The number of ether oxygens (including phenoxy) is 1. The van der Waals surface area contributed by atoms with E-state index in [0.717, 1.165) is 36.4 Å². The van der Waals surface area contributed by atoms with Crippen molar-refractivity contribution in [1.82, 2.24) is 30.4 Å². The molecule has 1 N–H and O–H groups in total. The van der Waals surface area contributed by atoms with Crippen molar-refractivity contribution in [3.05, 3.63) is 65.2 Å². The third-order valence-electron chi connectivity index (χ3n) is 5.22. The summed E-state index contributed by atoms with van der Waals surface area (Å²) in [7, 11) is 0. The van der Waals surface area contributed by atoms with Crippen molar-refractivity contribution in [2.75, 3.05) is 32.0 Å². The third-order valence-corrected chi connectivity index (χ3v) is 6.14.